The average molecular weight is 478 g/mol. The van der Waals surface area contributed by atoms with Crippen LogP contribution in [-0.2, 0) is 6.67 Å². The second kappa shape index (κ2) is 9.38. The van der Waals surface area contributed by atoms with Crippen LogP contribution in [0.4, 0.5) is 17.3 Å². The van der Waals surface area contributed by atoms with Crippen LogP contribution >= 0.6 is 0 Å². The number of anilines is 1. The molecule has 2 aromatic heterocycles. The van der Waals surface area contributed by atoms with Gasteiger partial charge in [-0.05, 0) is 48.1 Å². The van der Waals surface area contributed by atoms with Crippen LogP contribution in [0.2, 0.25) is 0 Å². The first kappa shape index (κ1) is 23.0. The van der Waals surface area contributed by atoms with Crippen LogP contribution < -0.4 is 10.1 Å². The van der Waals surface area contributed by atoms with Crippen LogP contribution in [0.5, 0.6) is 11.5 Å². The van der Waals surface area contributed by atoms with Crippen molar-refractivity contribution in [1.82, 2.24) is 24.5 Å². The van der Waals surface area contributed by atoms with E-state index in [1.165, 1.54) is 46.2 Å². The number of hydrogen-bond donors (Lipinski definition) is 1. The number of benzene rings is 2. The molecule has 2 aromatic carbocycles. The fourth-order valence-corrected chi connectivity index (χ4v) is 3.29. The Balaban J connectivity index is 1.51. The number of nitrogens with one attached hydrogen (secondary N) is 1. The van der Waals surface area contributed by atoms with Crippen molar-refractivity contribution in [3.05, 3.63) is 92.0 Å². The lowest BCUT2D eigenvalue weighted by Crippen LogP contribution is -2.15. The highest BCUT2D eigenvalue weighted by Gasteiger charge is 2.17. The molecule has 4 aromatic rings. The highest BCUT2D eigenvalue weighted by molar-refractivity contribution is 6.03. The van der Waals surface area contributed by atoms with Gasteiger partial charge in [-0.2, -0.15) is 9.78 Å². The van der Waals surface area contributed by atoms with E-state index in [2.05, 4.69) is 20.5 Å². The molecule has 0 aliphatic rings. The lowest BCUT2D eigenvalue weighted by Gasteiger charge is -2.10. The van der Waals surface area contributed by atoms with E-state index in [1.807, 2.05) is 19.9 Å². The van der Waals surface area contributed by atoms with Gasteiger partial charge in [-0.3, -0.25) is 14.9 Å². The van der Waals surface area contributed by atoms with Gasteiger partial charge >= 0.3 is 5.95 Å². The van der Waals surface area contributed by atoms with Crippen molar-refractivity contribution >= 4 is 23.2 Å². The lowest BCUT2D eigenvalue weighted by molar-refractivity contribution is -0.394. The molecule has 2 heterocycles. The Kier molecular flexibility index (Phi) is 6.17. The minimum Gasteiger partial charge on any atom is -0.457 e. The number of nitro groups is 2. The summed E-state index contributed by atoms with van der Waals surface area (Å²) in [4.78, 5) is 37.0. The van der Waals surface area contributed by atoms with E-state index in [1.54, 1.807) is 12.1 Å². The quantitative estimate of drug-likeness (QED) is 0.294. The molecule has 0 bridgehead atoms. The Labute approximate surface area is 197 Å². The minimum absolute atomic E-state index is 0.0151. The average Bonchev–Trinajstić information content (AvgIpc) is 3.43. The van der Waals surface area contributed by atoms with Crippen LogP contribution in [0.15, 0.2) is 55.0 Å². The van der Waals surface area contributed by atoms with Gasteiger partial charge in [0.1, 0.15) is 11.5 Å². The van der Waals surface area contributed by atoms with Gasteiger partial charge in [-0.1, -0.05) is 11.1 Å². The molecule has 14 heteroatoms. The Morgan fingerprint density at radius 2 is 1.69 bits per heavy atom. The number of rotatable bonds is 8. The molecule has 0 saturated carbocycles. The van der Waals surface area contributed by atoms with Gasteiger partial charge in [-0.15, -0.1) is 0 Å². The lowest BCUT2D eigenvalue weighted by atomic mass is 10.1. The number of aryl methyl sites for hydroxylation is 2. The van der Waals surface area contributed by atoms with Crippen LogP contribution in [0.3, 0.4) is 0 Å². The molecular formula is C21H18N8O6. The predicted molar refractivity (Wildman–Crippen MR) is 121 cm³/mol. The summed E-state index contributed by atoms with van der Waals surface area (Å²) in [5, 5.41) is 32.5. The molecule has 1 amide bonds. The van der Waals surface area contributed by atoms with Crippen molar-refractivity contribution in [2.24, 2.45) is 0 Å². The van der Waals surface area contributed by atoms with Gasteiger partial charge in [0.2, 0.25) is 6.33 Å². The molecule has 0 saturated heterocycles. The summed E-state index contributed by atoms with van der Waals surface area (Å²) in [6.45, 7) is 3.79. The van der Waals surface area contributed by atoms with Crippen LogP contribution in [0, 0.1) is 34.1 Å². The van der Waals surface area contributed by atoms with Crippen LogP contribution in [-0.4, -0.2) is 40.3 Å². The predicted octanol–water partition coefficient (Wildman–Crippen LogP) is 3.46. The van der Waals surface area contributed by atoms with E-state index in [0.717, 1.165) is 11.1 Å². The van der Waals surface area contributed by atoms with Crippen molar-refractivity contribution in [3.63, 3.8) is 0 Å². The van der Waals surface area contributed by atoms with Crippen molar-refractivity contribution in [1.29, 1.82) is 0 Å². The molecule has 0 fully saturated rings. The summed E-state index contributed by atoms with van der Waals surface area (Å²) < 4.78 is 8.32. The molecule has 0 unspecified atom stereocenters. The van der Waals surface area contributed by atoms with Crippen molar-refractivity contribution in [2.45, 2.75) is 20.5 Å². The Morgan fingerprint density at radius 1 is 0.971 bits per heavy atom. The molecule has 0 aliphatic heterocycles. The van der Waals surface area contributed by atoms with Crippen molar-refractivity contribution < 1.29 is 19.4 Å². The van der Waals surface area contributed by atoms with Gasteiger partial charge in [0.05, 0.1) is 16.7 Å². The third-order valence-electron chi connectivity index (χ3n) is 4.64. The fraction of sp³-hybridized carbons (Fsp3) is 0.143. The van der Waals surface area contributed by atoms with Gasteiger partial charge in [0, 0.05) is 23.4 Å². The van der Waals surface area contributed by atoms with E-state index in [4.69, 9.17) is 4.74 Å². The second-order valence-corrected chi connectivity index (χ2v) is 7.58. The second-order valence-electron chi connectivity index (χ2n) is 7.58. The zero-order valence-corrected chi connectivity index (χ0v) is 18.5. The van der Waals surface area contributed by atoms with E-state index in [9.17, 15) is 25.0 Å². The molecule has 0 radical (unpaired) electrons. The van der Waals surface area contributed by atoms with E-state index in [-0.39, 0.29) is 29.5 Å². The Bertz CT molecular complexity index is 1420. The zero-order valence-electron chi connectivity index (χ0n) is 18.5. The first-order valence-corrected chi connectivity index (χ1v) is 10.1. The summed E-state index contributed by atoms with van der Waals surface area (Å²) in [5.41, 5.74) is 1.83. The van der Waals surface area contributed by atoms with Crippen LogP contribution in [0.1, 0.15) is 21.6 Å². The van der Waals surface area contributed by atoms with Gasteiger partial charge in [0.15, 0.2) is 12.4 Å². The van der Waals surface area contributed by atoms with Crippen molar-refractivity contribution in [3.8, 4) is 11.5 Å². The SMILES string of the molecule is Cc1cc(C)cc(Oc2cc(NC(=O)c3ccn(Cn4cnc([N+](=O)[O-])n4)n3)cc([N+](=O)[O-])c2)c1. The number of carbonyl (C=O) groups excluding carboxylic acids is 1. The minimum atomic E-state index is -0.727. The number of hydrogen-bond acceptors (Lipinski definition) is 9. The number of nitro benzene ring substituents is 1. The maximum atomic E-state index is 12.7. The molecule has 14 nitrogen and oxygen atoms in total. The molecule has 0 atom stereocenters. The summed E-state index contributed by atoms with van der Waals surface area (Å²) in [6, 6.07) is 10.9. The first-order chi connectivity index (χ1) is 16.7. The number of carbonyl (C=O) groups is 1. The smallest absolute Gasteiger partial charge is 0.457 e. The maximum absolute atomic E-state index is 12.7. The fourth-order valence-electron chi connectivity index (χ4n) is 3.29. The molecular weight excluding hydrogens is 460 g/mol. The molecule has 35 heavy (non-hydrogen) atoms. The van der Waals surface area contributed by atoms with Gasteiger partial charge in [0.25, 0.3) is 11.6 Å². The van der Waals surface area contributed by atoms with Crippen molar-refractivity contribution in [2.75, 3.05) is 5.32 Å². The first-order valence-electron chi connectivity index (χ1n) is 10.1. The van der Waals surface area contributed by atoms with Gasteiger partial charge in [-0.25, -0.2) is 4.68 Å². The monoisotopic (exact) mass is 478 g/mol. The number of non-ortho nitro benzene ring substituents is 1. The molecule has 4 rings (SSSR count). The summed E-state index contributed by atoms with van der Waals surface area (Å²) in [5.74, 6) is -0.490. The Hall–Kier alpha value is -5.14. The van der Waals surface area contributed by atoms with E-state index in [0.29, 0.717) is 5.75 Å². The highest BCUT2D eigenvalue weighted by Crippen LogP contribution is 2.30. The molecule has 0 spiro atoms. The van der Waals surface area contributed by atoms with Gasteiger partial charge < -0.3 is 20.2 Å². The van der Waals surface area contributed by atoms with Crippen LogP contribution in [0.25, 0.3) is 0 Å². The maximum Gasteiger partial charge on any atom is 0.491 e. The molecule has 0 aliphatic carbocycles. The zero-order chi connectivity index (χ0) is 25.1. The third kappa shape index (κ3) is 5.62. The summed E-state index contributed by atoms with van der Waals surface area (Å²) >= 11 is 0. The number of aromatic nitrogens is 5. The Morgan fingerprint density at radius 3 is 2.34 bits per heavy atom. The van der Waals surface area contributed by atoms with E-state index < -0.39 is 21.7 Å². The number of ether oxygens (including phenoxy) is 1. The third-order valence-corrected chi connectivity index (χ3v) is 4.64. The van der Waals surface area contributed by atoms with E-state index >= 15 is 0 Å². The number of amides is 1. The summed E-state index contributed by atoms with van der Waals surface area (Å²) in [7, 11) is 0. The molecule has 178 valence electrons. The normalized spacial score (nSPS) is 10.7. The molecule has 1 N–H and O–H groups in total. The largest absolute Gasteiger partial charge is 0.491 e. The number of nitrogens with zero attached hydrogens (tertiary/aromatic N) is 7. The summed E-state index contributed by atoms with van der Waals surface area (Å²) in [6.07, 6.45) is 2.64. The topological polar surface area (TPSA) is 173 Å². The highest BCUT2D eigenvalue weighted by atomic mass is 16.6. The standard InChI is InChI=1S/C21H18N8O6/c1-13-5-14(2)7-17(6-13)35-18-9-15(8-16(10-18)28(31)32)23-20(30)19-3-4-26(24-19)12-27-11-22-21(25-27)29(33)34/h3-11H,12H2,1-2H3,(H,23,30).